The van der Waals surface area contributed by atoms with Crippen molar-refractivity contribution >= 4 is 46.5 Å². The van der Waals surface area contributed by atoms with Gasteiger partial charge in [-0.3, -0.25) is 19.3 Å². The lowest BCUT2D eigenvalue weighted by Gasteiger charge is -2.21. The fourth-order valence-corrected chi connectivity index (χ4v) is 4.27. The predicted molar refractivity (Wildman–Crippen MR) is 104 cm³/mol. The summed E-state index contributed by atoms with van der Waals surface area (Å²) in [5.41, 5.74) is 0.699. The van der Waals surface area contributed by atoms with Gasteiger partial charge in [0.25, 0.3) is 11.1 Å². The number of amides is 3. The summed E-state index contributed by atoms with van der Waals surface area (Å²) in [5.74, 6) is -0.242. The van der Waals surface area contributed by atoms with Gasteiger partial charge in [-0.25, -0.2) is 0 Å². The Morgan fingerprint density at radius 3 is 2.69 bits per heavy atom. The number of nitrogens with one attached hydrogen (secondary N) is 1. The number of halogens is 1. The van der Waals surface area contributed by atoms with Gasteiger partial charge < -0.3 is 5.32 Å². The van der Waals surface area contributed by atoms with E-state index in [0.717, 1.165) is 37.4 Å². The molecule has 1 heterocycles. The number of benzene rings is 1. The number of hydrogen-bond acceptors (Lipinski definition) is 4. The highest BCUT2D eigenvalue weighted by Gasteiger charge is 2.35. The van der Waals surface area contributed by atoms with Gasteiger partial charge in [0.1, 0.15) is 0 Å². The minimum atomic E-state index is -0.341. The predicted octanol–water partition coefficient (Wildman–Crippen LogP) is 4.07. The molecular formula is C19H21ClN2O3S. The van der Waals surface area contributed by atoms with Gasteiger partial charge in [-0.2, -0.15) is 0 Å². The normalized spacial score (nSPS) is 20.0. The van der Waals surface area contributed by atoms with Crippen molar-refractivity contribution in [3.8, 4) is 0 Å². The van der Waals surface area contributed by atoms with E-state index in [4.69, 9.17) is 11.6 Å². The Morgan fingerprint density at radius 1 is 1.23 bits per heavy atom. The smallest absolute Gasteiger partial charge is 0.293 e. The van der Waals surface area contributed by atoms with Gasteiger partial charge in [-0.05, 0) is 42.3 Å². The third kappa shape index (κ3) is 4.48. The quantitative estimate of drug-likeness (QED) is 0.767. The number of nitrogens with zero attached hydrogens (tertiary/aromatic N) is 1. The van der Waals surface area contributed by atoms with E-state index in [1.807, 2.05) is 6.07 Å². The first-order chi connectivity index (χ1) is 12.6. The molecule has 2 fully saturated rings. The molecule has 2 aliphatic rings. The summed E-state index contributed by atoms with van der Waals surface area (Å²) in [6.45, 7) is 0.468. The molecule has 138 valence electrons. The molecule has 1 saturated heterocycles. The second kappa shape index (κ2) is 8.73. The van der Waals surface area contributed by atoms with Crippen molar-refractivity contribution in [3.05, 3.63) is 39.8 Å². The summed E-state index contributed by atoms with van der Waals surface area (Å²) in [6.07, 6.45) is 6.86. The first kappa shape index (κ1) is 19.0. The Kier molecular flexibility index (Phi) is 6.38. The van der Waals surface area contributed by atoms with Crippen LogP contribution in [0.2, 0.25) is 5.02 Å². The zero-order chi connectivity index (χ0) is 18.5. The molecule has 0 aromatic heterocycles. The number of carbonyl (C=O) groups excluding carboxylic acids is 3. The van der Waals surface area contributed by atoms with Crippen molar-refractivity contribution in [2.75, 3.05) is 13.1 Å². The maximum Gasteiger partial charge on any atom is 0.293 e. The van der Waals surface area contributed by atoms with Gasteiger partial charge in [0.2, 0.25) is 5.91 Å². The molecule has 5 nitrogen and oxygen atoms in total. The summed E-state index contributed by atoms with van der Waals surface area (Å²) in [6, 6.07) is 7.16. The second-order valence-electron chi connectivity index (χ2n) is 6.48. The molecule has 1 aliphatic carbocycles. The number of carbonyl (C=O) groups is 3. The summed E-state index contributed by atoms with van der Waals surface area (Å²) in [5, 5.41) is 3.07. The van der Waals surface area contributed by atoms with E-state index < -0.39 is 0 Å². The zero-order valence-corrected chi connectivity index (χ0v) is 15.9. The SMILES string of the molecule is O=C(NCCN1C(=O)S/C(=C\c2ccccc2Cl)C1=O)C1CCCCC1. The van der Waals surface area contributed by atoms with Crippen molar-refractivity contribution in [2.45, 2.75) is 32.1 Å². The maximum absolute atomic E-state index is 12.5. The highest BCUT2D eigenvalue weighted by atomic mass is 35.5. The highest BCUT2D eigenvalue weighted by molar-refractivity contribution is 8.18. The first-order valence-electron chi connectivity index (χ1n) is 8.84. The maximum atomic E-state index is 12.5. The summed E-state index contributed by atoms with van der Waals surface area (Å²) in [4.78, 5) is 38.3. The third-order valence-corrected chi connectivity index (χ3v) is 5.93. The van der Waals surface area contributed by atoms with Crippen LogP contribution in [0.15, 0.2) is 29.2 Å². The van der Waals surface area contributed by atoms with E-state index >= 15 is 0 Å². The summed E-state index contributed by atoms with van der Waals surface area (Å²) in [7, 11) is 0. The van der Waals surface area contributed by atoms with E-state index in [-0.39, 0.29) is 36.1 Å². The van der Waals surface area contributed by atoms with Gasteiger partial charge in [0, 0.05) is 24.0 Å². The molecule has 1 saturated carbocycles. The van der Waals surface area contributed by atoms with Crippen molar-refractivity contribution < 1.29 is 14.4 Å². The van der Waals surface area contributed by atoms with Crippen molar-refractivity contribution in [3.63, 3.8) is 0 Å². The molecule has 3 rings (SSSR count). The van der Waals surface area contributed by atoms with Crippen LogP contribution in [0.5, 0.6) is 0 Å². The molecule has 0 unspecified atom stereocenters. The lowest BCUT2D eigenvalue weighted by molar-refractivity contribution is -0.127. The molecule has 1 N–H and O–H groups in total. The largest absolute Gasteiger partial charge is 0.354 e. The van der Waals surface area contributed by atoms with E-state index in [9.17, 15) is 14.4 Å². The fourth-order valence-electron chi connectivity index (χ4n) is 3.23. The topological polar surface area (TPSA) is 66.5 Å². The molecule has 0 radical (unpaired) electrons. The molecule has 1 aromatic rings. The lowest BCUT2D eigenvalue weighted by Crippen LogP contribution is -2.39. The van der Waals surface area contributed by atoms with Gasteiger partial charge in [0.05, 0.1) is 4.91 Å². The Labute approximate surface area is 162 Å². The molecule has 1 aromatic carbocycles. The van der Waals surface area contributed by atoms with E-state index in [1.165, 1.54) is 11.3 Å². The Balaban J connectivity index is 1.56. The Bertz CT molecular complexity index is 744. The van der Waals surface area contributed by atoms with E-state index in [0.29, 0.717) is 15.5 Å². The molecule has 3 amide bonds. The van der Waals surface area contributed by atoms with Crippen LogP contribution in [0.4, 0.5) is 4.79 Å². The van der Waals surface area contributed by atoms with Crippen molar-refractivity contribution in [2.24, 2.45) is 5.92 Å². The zero-order valence-electron chi connectivity index (χ0n) is 14.4. The minimum absolute atomic E-state index is 0.0308. The third-order valence-electron chi connectivity index (χ3n) is 4.68. The molecule has 0 atom stereocenters. The van der Waals surface area contributed by atoms with E-state index in [1.54, 1.807) is 24.3 Å². The molecule has 7 heteroatoms. The van der Waals surface area contributed by atoms with E-state index in [2.05, 4.69) is 5.32 Å². The van der Waals surface area contributed by atoms with Crippen molar-refractivity contribution in [1.82, 2.24) is 10.2 Å². The van der Waals surface area contributed by atoms with Gasteiger partial charge in [0.15, 0.2) is 0 Å². The van der Waals surface area contributed by atoms with Crippen LogP contribution < -0.4 is 5.32 Å². The summed E-state index contributed by atoms with van der Waals surface area (Å²) < 4.78 is 0. The molecule has 0 bridgehead atoms. The molecular weight excluding hydrogens is 372 g/mol. The summed E-state index contributed by atoms with van der Waals surface area (Å²) >= 11 is 7.00. The second-order valence-corrected chi connectivity index (χ2v) is 7.88. The van der Waals surface area contributed by atoms with Crippen LogP contribution in [0.3, 0.4) is 0 Å². The van der Waals surface area contributed by atoms with Crippen LogP contribution in [0.25, 0.3) is 6.08 Å². The van der Waals surface area contributed by atoms with Crippen LogP contribution in [-0.4, -0.2) is 35.0 Å². The van der Waals surface area contributed by atoms with Crippen LogP contribution in [0.1, 0.15) is 37.7 Å². The minimum Gasteiger partial charge on any atom is -0.354 e. The molecule has 0 spiro atoms. The van der Waals surface area contributed by atoms with Crippen LogP contribution >= 0.6 is 23.4 Å². The van der Waals surface area contributed by atoms with Crippen LogP contribution in [0, 0.1) is 5.92 Å². The monoisotopic (exact) mass is 392 g/mol. The fraction of sp³-hybridized carbons (Fsp3) is 0.421. The van der Waals surface area contributed by atoms with Gasteiger partial charge in [-0.15, -0.1) is 0 Å². The number of hydrogen-bond donors (Lipinski definition) is 1. The standard InChI is InChI=1S/C19H21ClN2O3S/c20-15-9-5-4-8-14(15)12-16-18(24)22(19(25)26-16)11-10-21-17(23)13-6-2-1-3-7-13/h4-5,8-9,12-13H,1-3,6-7,10-11H2,(H,21,23)/b16-12-. The number of thioether (sulfide) groups is 1. The highest BCUT2D eigenvalue weighted by Crippen LogP contribution is 2.33. The number of rotatable bonds is 5. The molecule has 1 aliphatic heterocycles. The van der Waals surface area contributed by atoms with Crippen molar-refractivity contribution in [1.29, 1.82) is 0 Å². The Morgan fingerprint density at radius 2 is 1.96 bits per heavy atom. The Hall–Kier alpha value is -1.79. The van der Waals surface area contributed by atoms with Gasteiger partial charge in [-0.1, -0.05) is 49.1 Å². The van der Waals surface area contributed by atoms with Gasteiger partial charge >= 0.3 is 0 Å². The average molecular weight is 393 g/mol. The molecule has 26 heavy (non-hydrogen) atoms. The first-order valence-corrected chi connectivity index (χ1v) is 10.0. The average Bonchev–Trinajstić information content (AvgIpc) is 2.91. The van der Waals surface area contributed by atoms with Crippen LogP contribution in [-0.2, 0) is 9.59 Å². The number of imide groups is 1. The lowest BCUT2D eigenvalue weighted by atomic mass is 9.89.